The van der Waals surface area contributed by atoms with Gasteiger partial charge in [-0.1, -0.05) is 30.3 Å². The van der Waals surface area contributed by atoms with Crippen LogP contribution in [0.25, 0.3) is 0 Å². The molecule has 0 unspecified atom stereocenters. The summed E-state index contributed by atoms with van der Waals surface area (Å²) in [7, 11) is -0.150. The maximum absolute atomic E-state index is 13.3. The van der Waals surface area contributed by atoms with Gasteiger partial charge < -0.3 is 15.0 Å². The van der Waals surface area contributed by atoms with Crippen LogP contribution in [0.1, 0.15) is 6.92 Å². The van der Waals surface area contributed by atoms with Gasteiger partial charge in [0.05, 0.1) is 17.2 Å². The van der Waals surface area contributed by atoms with Crippen LogP contribution in [0.4, 0.5) is 5.69 Å². The fourth-order valence-corrected chi connectivity index (χ4v) is 4.02. The Kier molecular flexibility index (Phi) is 7.83. The number of hydrogen-bond donors (Lipinski definition) is 1. The van der Waals surface area contributed by atoms with E-state index >= 15 is 0 Å². The molecule has 7 nitrogen and oxygen atoms in total. The Bertz CT molecular complexity index is 870. The van der Waals surface area contributed by atoms with Crippen molar-refractivity contribution in [3.8, 4) is 5.75 Å². The molecule has 0 radical (unpaired) electrons. The van der Waals surface area contributed by atoms with Gasteiger partial charge in [-0.25, -0.2) is 8.42 Å². The van der Waals surface area contributed by atoms with Gasteiger partial charge in [0.1, 0.15) is 12.3 Å². The number of likely N-dealkylation sites (N-methyl/N-ethyl adjacent to an activating group) is 1. The van der Waals surface area contributed by atoms with Gasteiger partial charge in [0.25, 0.3) is 10.0 Å². The van der Waals surface area contributed by atoms with Crippen molar-refractivity contribution >= 4 is 21.6 Å². The molecule has 1 amide bonds. The van der Waals surface area contributed by atoms with Crippen molar-refractivity contribution in [1.29, 1.82) is 0 Å². The van der Waals surface area contributed by atoms with Crippen molar-refractivity contribution in [2.24, 2.45) is 0 Å². The lowest BCUT2D eigenvalue weighted by atomic mass is 10.3. The van der Waals surface area contributed by atoms with Crippen LogP contribution in [-0.4, -0.2) is 59.6 Å². The number of amides is 1. The number of sulfonamides is 1. The molecule has 2 aromatic carbocycles. The Morgan fingerprint density at radius 2 is 1.68 bits per heavy atom. The highest BCUT2D eigenvalue weighted by Gasteiger charge is 2.29. The van der Waals surface area contributed by atoms with Crippen LogP contribution in [0.3, 0.4) is 0 Å². The quantitative estimate of drug-likeness (QED) is 0.654. The second-order valence-corrected chi connectivity index (χ2v) is 8.24. The van der Waals surface area contributed by atoms with Crippen LogP contribution in [0.15, 0.2) is 59.5 Å². The van der Waals surface area contributed by atoms with Gasteiger partial charge in [0, 0.05) is 13.1 Å². The van der Waals surface area contributed by atoms with Crippen LogP contribution >= 0.6 is 0 Å². The summed E-state index contributed by atoms with van der Waals surface area (Å²) < 4.78 is 33.3. The van der Waals surface area contributed by atoms with Crippen molar-refractivity contribution in [1.82, 2.24) is 10.2 Å². The van der Waals surface area contributed by atoms with Crippen molar-refractivity contribution in [3.05, 3.63) is 54.6 Å². The standard InChI is InChI=1S/C20H27N3O4S/c1-4-27-19-13-9-8-12-18(19)23(16-20(24)21-14-15-22(2)3)28(25,26)17-10-6-5-7-11-17/h5-13H,4,14-16H2,1-3H3,(H,21,24). The second-order valence-electron chi connectivity index (χ2n) is 6.38. The van der Waals surface area contributed by atoms with Crippen molar-refractivity contribution in [2.45, 2.75) is 11.8 Å². The van der Waals surface area contributed by atoms with Crippen LogP contribution in [0, 0.1) is 0 Å². The van der Waals surface area contributed by atoms with Crippen LogP contribution in [0.2, 0.25) is 0 Å². The summed E-state index contributed by atoms with van der Waals surface area (Å²) in [6.07, 6.45) is 0. The Morgan fingerprint density at radius 3 is 2.32 bits per heavy atom. The average Bonchev–Trinajstić information content (AvgIpc) is 2.67. The number of benzene rings is 2. The Morgan fingerprint density at radius 1 is 1.04 bits per heavy atom. The van der Waals surface area contributed by atoms with Crippen molar-refractivity contribution < 1.29 is 17.9 Å². The molecule has 0 saturated carbocycles. The third-order valence-corrected chi connectivity index (χ3v) is 5.71. The molecule has 28 heavy (non-hydrogen) atoms. The van der Waals surface area contributed by atoms with E-state index in [9.17, 15) is 13.2 Å². The lowest BCUT2D eigenvalue weighted by Crippen LogP contribution is -2.42. The molecule has 0 aliphatic rings. The van der Waals surface area contributed by atoms with Gasteiger partial charge in [0.15, 0.2) is 0 Å². The van der Waals surface area contributed by atoms with E-state index in [0.717, 1.165) is 4.31 Å². The average molecular weight is 406 g/mol. The SMILES string of the molecule is CCOc1ccccc1N(CC(=O)NCCN(C)C)S(=O)(=O)c1ccccc1. The number of carbonyl (C=O) groups is 1. The summed E-state index contributed by atoms with van der Waals surface area (Å²) in [5.74, 6) is 0.0262. The predicted molar refractivity (Wildman–Crippen MR) is 110 cm³/mol. The first-order valence-corrected chi connectivity index (χ1v) is 10.5. The molecule has 0 saturated heterocycles. The first kappa shape index (κ1) is 21.7. The normalized spacial score (nSPS) is 11.3. The maximum atomic E-state index is 13.3. The number of hydrogen-bond acceptors (Lipinski definition) is 5. The zero-order chi connectivity index (χ0) is 20.6. The number of nitrogens with zero attached hydrogens (tertiary/aromatic N) is 2. The van der Waals surface area contributed by atoms with Gasteiger partial charge in [-0.05, 0) is 45.3 Å². The largest absolute Gasteiger partial charge is 0.492 e. The fraction of sp³-hybridized carbons (Fsp3) is 0.350. The highest BCUT2D eigenvalue weighted by atomic mass is 32.2. The Hall–Kier alpha value is -2.58. The summed E-state index contributed by atoms with van der Waals surface area (Å²) >= 11 is 0. The Labute approximate surface area is 167 Å². The summed E-state index contributed by atoms with van der Waals surface area (Å²) in [5, 5.41) is 2.76. The molecule has 152 valence electrons. The van der Waals surface area contributed by atoms with Crippen LogP contribution in [-0.2, 0) is 14.8 Å². The zero-order valence-corrected chi connectivity index (χ0v) is 17.3. The van der Waals surface area contributed by atoms with Crippen LogP contribution < -0.4 is 14.4 Å². The van der Waals surface area contributed by atoms with E-state index in [1.54, 1.807) is 42.5 Å². The van der Waals surface area contributed by atoms with E-state index in [4.69, 9.17) is 4.74 Å². The summed E-state index contributed by atoms with van der Waals surface area (Å²) in [6, 6.07) is 14.9. The number of nitrogens with one attached hydrogen (secondary N) is 1. The fourth-order valence-electron chi connectivity index (χ4n) is 2.57. The molecule has 0 fully saturated rings. The second kappa shape index (κ2) is 10.1. The van der Waals surface area contributed by atoms with E-state index in [0.29, 0.717) is 31.1 Å². The minimum absolute atomic E-state index is 0.113. The van der Waals surface area contributed by atoms with Crippen LogP contribution in [0.5, 0.6) is 5.75 Å². The molecule has 0 atom stereocenters. The van der Waals surface area contributed by atoms with Gasteiger partial charge in [0.2, 0.25) is 5.91 Å². The van der Waals surface area contributed by atoms with E-state index in [1.165, 1.54) is 12.1 Å². The maximum Gasteiger partial charge on any atom is 0.264 e. The molecule has 8 heteroatoms. The van der Waals surface area contributed by atoms with Gasteiger partial charge in [-0.3, -0.25) is 9.10 Å². The molecule has 0 aliphatic heterocycles. The first-order chi connectivity index (χ1) is 13.4. The summed E-state index contributed by atoms with van der Waals surface area (Å²) in [5.41, 5.74) is 0.330. The Balaban J connectivity index is 2.38. The topological polar surface area (TPSA) is 79.0 Å². The van der Waals surface area contributed by atoms with Gasteiger partial charge in [-0.2, -0.15) is 0 Å². The molecule has 2 rings (SSSR count). The molecule has 2 aromatic rings. The number of para-hydroxylation sites is 2. The molecule has 0 heterocycles. The van der Waals surface area contributed by atoms with Crippen molar-refractivity contribution in [2.75, 3.05) is 44.6 Å². The minimum Gasteiger partial charge on any atom is -0.492 e. The highest BCUT2D eigenvalue weighted by molar-refractivity contribution is 7.92. The molecular formula is C20H27N3O4S. The summed E-state index contributed by atoms with van der Waals surface area (Å²) in [4.78, 5) is 14.5. The number of anilines is 1. The number of carbonyl (C=O) groups excluding carboxylic acids is 1. The first-order valence-electron chi connectivity index (χ1n) is 9.07. The van der Waals surface area contributed by atoms with Crippen molar-refractivity contribution in [3.63, 3.8) is 0 Å². The monoisotopic (exact) mass is 405 g/mol. The third-order valence-electron chi connectivity index (χ3n) is 3.93. The van der Waals surface area contributed by atoms with Gasteiger partial charge >= 0.3 is 0 Å². The number of ether oxygens (including phenoxy) is 1. The lowest BCUT2D eigenvalue weighted by Gasteiger charge is -2.26. The molecular weight excluding hydrogens is 378 g/mol. The molecule has 0 aliphatic carbocycles. The molecule has 0 aromatic heterocycles. The number of rotatable bonds is 10. The smallest absolute Gasteiger partial charge is 0.264 e. The molecule has 1 N–H and O–H groups in total. The molecule has 0 bridgehead atoms. The third kappa shape index (κ3) is 5.71. The van der Waals surface area contributed by atoms with E-state index < -0.39 is 10.0 Å². The lowest BCUT2D eigenvalue weighted by molar-refractivity contribution is -0.119. The predicted octanol–water partition coefficient (Wildman–Crippen LogP) is 1.96. The summed E-state index contributed by atoms with van der Waals surface area (Å²) in [6.45, 7) is 2.95. The van der Waals surface area contributed by atoms with Gasteiger partial charge in [-0.15, -0.1) is 0 Å². The highest BCUT2D eigenvalue weighted by Crippen LogP contribution is 2.32. The zero-order valence-electron chi connectivity index (χ0n) is 16.5. The minimum atomic E-state index is -3.95. The van der Waals surface area contributed by atoms with E-state index in [2.05, 4.69) is 5.32 Å². The molecule has 0 spiro atoms. The van der Waals surface area contributed by atoms with E-state index in [-0.39, 0.29) is 17.3 Å². The van der Waals surface area contributed by atoms with E-state index in [1.807, 2.05) is 25.9 Å².